The highest BCUT2D eigenvalue weighted by Gasteiger charge is 2.23. The van der Waals surface area contributed by atoms with E-state index >= 15 is 0 Å². The van der Waals surface area contributed by atoms with E-state index in [1.165, 1.54) is 0 Å². The first-order valence-electron chi connectivity index (χ1n) is 4.33. The van der Waals surface area contributed by atoms with Crippen molar-refractivity contribution >= 4 is 11.8 Å². The van der Waals surface area contributed by atoms with E-state index in [-0.39, 0.29) is 0 Å². The van der Waals surface area contributed by atoms with Crippen molar-refractivity contribution in [3.63, 3.8) is 0 Å². The SMILES string of the molecule is CNC(C)CC1=NCC(C(=O)O)N1. The smallest absolute Gasteiger partial charge is 0.328 e. The number of amidine groups is 1. The minimum atomic E-state index is -0.837. The molecular formula is C8H15N3O2. The molecule has 1 heterocycles. The highest BCUT2D eigenvalue weighted by Crippen LogP contribution is 2.01. The first-order chi connectivity index (χ1) is 6.13. The van der Waals surface area contributed by atoms with Crippen LogP contribution in [0.1, 0.15) is 13.3 Å². The molecule has 0 fully saturated rings. The second kappa shape index (κ2) is 4.23. The molecule has 0 aromatic carbocycles. The summed E-state index contributed by atoms with van der Waals surface area (Å²) in [5.41, 5.74) is 0. The van der Waals surface area contributed by atoms with Crippen molar-refractivity contribution in [3.05, 3.63) is 0 Å². The Balaban J connectivity index is 2.36. The second-order valence-electron chi connectivity index (χ2n) is 3.22. The van der Waals surface area contributed by atoms with Crippen LogP contribution in [-0.4, -0.2) is 42.6 Å². The number of aliphatic imine (C=N–C) groups is 1. The van der Waals surface area contributed by atoms with Crippen molar-refractivity contribution in [2.24, 2.45) is 4.99 Å². The fraction of sp³-hybridized carbons (Fsp3) is 0.750. The van der Waals surface area contributed by atoms with E-state index in [1.807, 2.05) is 14.0 Å². The number of hydrogen-bond acceptors (Lipinski definition) is 4. The molecule has 0 amide bonds. The number of carboxylic acids is 1. The topological polar surface area (TPSA) is 73.7 Å². The lowest BCUT2D eigenvalue weighted by molar-refractivity contribution is -0.138. The van der Waals surface area contributed by atoms with Gasteiger partial charge in [-0.15, -0.1) is 0 Å². The van der Waals surface area contributed by atoms with Crippen LogP contribution in [0.3, 0.4) is 0 Å². The summed E-state index contributed by atoms with van der Waals surface area (Å²) in [6, 6.07) is -0.210. The van der Waals surface area contributed by atoms with Crippen LogP contribution in [-0.2, 0) is 4.79 Å². The fourth-order valence-corrected chi connectivity index (χ4v) is 1.15. The summed E-state index contributed by atoms with van der Waals surface area (Å²) in [4.78, 5) is 14.7. The summed E-state index contributed by atoms with van der Waals surface area (Å²) >= 11 is 0. The van der Waals surface area contributed by atoms with Crippen LogP contribution < -0.4 is 10.6 Å². The van der Waals surface area contributed by atoms with Crippen molar-refractivity contribution in [1.82, 2.24) is 10.6 Å². The molecule has 0 saturated carbocycles. The van der Waals surface area contributed by atoms with Crippen LogP contribution in [0.5, 0.6) is 0 Å². The first kappa shape index (κ1) is 9.98. The fourth-order valence-electron chi connectivity index (χ4n) is 1.15. The van der Waals surface area contributed by atoms with Crippen molar-refractivity contribution in [2.45, 2.75) is 25.4 Å². The van der Waals surface area contributed by atoms with E-state index in [0.29, 0.717) is 12.6 Å². The zero-order valence-corrected chi connectivity index (χ0v) is 7.87. The standard InChI is InChI=1S/C8H15N3O2/c1-5(9-2)3-7-10-4-6(11-7)8(12)13/h5-6,9H,3-4H2,1-2H3,(H,10,11)(H,12,13). The lowest BCUT2D eigenvalue weighted by Crippen LogP contribution is -2.39. The summed E-state index contributed by atoms with van der Waals surface area (Å²) in [5.74, 6) is -0.0508. The lowest BCUT2D eigenvalue weighted by Gasteiger charge is -2.11. The van der Waals surface area contributed by atoms with Crippen LogP contribution in [0.25, 0.3) is 0 Å². The van der Waals surface area contributed by atoms with Crippen molar-refractivity contribution < 1.29 is 9.90 Å². The predicted molar refractivity (Wildman–Crippen MR) is 50.0 cm³/mol. The van der Waals surface area contributed by atoms with Crippen LogP contribution >= 0.6 is 0 Å². The second-order valence-corrected chi connectivity index (χ2v) is 3.22. The molecule has 0 aromatic rings. The van der Waals surface area contributed by atoms with E-state index in [9.17, 15) is 4.79 Å². The van der Waals surface area contributed by atoms with E-state index in [1.54, 1.807) is 0 Å². The maximum Gasteiger partial charge on any atom is 0.328 e. The third-order valence-corrected chi connectivity index (χ3v) is 2.10. The molecule has 1 rings (SSSR count). The summed E-state index contributed by atoms with van der Waals surface area (Å²) < 4.78 is 0. The van der Waals surface area contributed by atoms with Gasteiger partial charge in [-0.2, -0.15) is 0 Å². The molecule has 74 valence electrons. The van der Waals surface area contributed by atoms with Gasteiger partial charge in [-0.1, -0.05) is 0 Å². The summed E-state index contributed by atoms with van der Waals surface area (Å²) in [6.07, 6.45) is 0.750. The third kappa shape index (κ3) is 2.69. The normalized spacial score (nSPS) is 23.5. The van der Waals surface area contributed by atoms with Gasteiger partial charge in [-0.3, -0.25) is 4.99 Å². The van der Waals surface area contributed by atoms with Gasteiger partial charge < -0.3 is 15.7 Å². The number of hydrogen-bond donors (Lipinski definition) is 3. The average Bonchev–Trinajstić information content (AvgIpc) is 2.52. The molecule has 5 heteroatoms. The molecule has 0 aromatic heterocycles. The maximum atomic E-state index is 10.6. The van der Waals surface area contributed by atoms with Gasteiger partial charge in [0.05, 0.1) is 12.4 Å². The minimum Gasteiger partial charge on any atom is -0.480 e. The molecule has 0 bridgehead atoms. The minimum absolute atomic E-state index is 0.318. The Hall–Kier alpha value is -1.10. The number of aliphatic carboxylic acids is 1. The van der Waals surface area contributed by atoms with Gasteiger partial charge in [0.2, 0.25) is 0 Å². The van der Waals surface area contributed by atoms with Crippen LogP contribution in [0.15, 0.2) is 4.99 Å². The monoisotopic (exact) mass is 185 g/mol. The van der Waals surface area contributed by atoms with Crippen LogP contribution in [0.2, 0.25) is 0 Å². The first-order valence-corrected chi connectivity index (χ1v) is 4.33. The van der Waals surface area contributed by atoms with E-state index in [0.717, 1.165) is 12.3 Å². The van der Waals surface area contributed by atoms with E-state index in [4.69, 9.17) is 5.11 Å². The number of carbonyl (C=O) groups is 1. The van der Waals surface area contributed by atoms with Crippen LogP contribution in [0.4, 0.5) is 0 Å². The molecular weight excluding hydrogens is 170 g/mol. The molecule has 1 aliphatic heterocycles. The Bertz CT molecular complexity index is 227. The van der Waals surface area contributed by atoms with Gasteiger partial charge in [-0.25, -0.2) is 4.79 Å². The molecule has 1 aliphatic rings. The number of nitrogens with one attached hydrogen (secondary N) is 2. The van der Waals surface area contributed by atoms with Gasteiger partial charge in [0.1, 0.15) is 6.04 Å². The van der Waals surface area contributed by atoms with Crippen molar-refractivity contribution in [2.75, 3.05) is 13.6 Å². The molecule has 0 aliphatic carbocycles. The Kier molecular flexibility index (Phi) is 3.25. The quantitative estimate of drug-likeness (QED) is 0.549. The summed E-state index contributed by atoms with van der Waals surface area (Å²) in [6.45, 7) is 2.37. The summed E-state index contributed by atoms with van der Waals surface area (Å²) in [7, 11) is 1.87. The average molecular weight is 185 g/mol. The molecule has 5 nitrogen and oxygen atoms in total. The lowest BCUT2D eigenvalue weighted by atomic mass is 10.2. The Labute approximate surface area is 77.2 Å². The van der Waals surface area contributed by atoms with E-state index < -0.39 is 12.0 Å². The van der Waals surface area contributed by atoms with Gasteiger partial charge in [0, 0.05) is 12.5 Å². The van der Waals surface area contributed by atoms with Crippen LogP contribution in [0, 0.1) is 0 Å². The van der Waals surface area contributed by atoms with Gasteiger partial charge >= 0.3 is 5.97 Å². The number of rotatable bonds is 4. The number of nitrogens with zero attached hydrogens (tertiary/aromatic N) is 1. The molecule has 0 radical (unpaired) electrons. The van der Waals surface area contributed by atoms with Gasteiger partial charge in [0.25, 0.3) is 0 Å². The number of carboxylic acid groups (broad SMARTS) is 1. The molecule has 13 heavy (non-hydrogen) atoms. The molecule has 3 N–H and O–H groups in total. The third-order valence-electron chi connectivity index (χ3n) is 2.10. The van der Waals surface area contributed by atoms with Gasteiger partial charge in [-0.05, 0) is 14.0 Å². The molecule has 0 spiro atoms. The van der Waals surface area contributed by atoms with Crippen molar-refractivity contribution in [3.8, 4) is 0 Å². The van der Waals surface area contributed by atoms with Crippen molar-refractivity contribution in [1.29, 1.82) is 0 Å². The Morgan fingerprint density at radius 3 is 3.08 bits per heavy atom. The molecule has 2 atom stereocenters. The molecule has 2 unspecified atom stereocenters. The highest BCUT2D eigenvalue weighted by atomic mass is 16.4. The summed E-state index contributed by atoms with van der Waals surface area (Å²) in [5, 5.41) is 14.6. The largest absolute Gasteiger partial charge is 0.480 e. The Morgan fingerprint density at radius 2 is 2.62 bits per heavy atom. The zero-order valence-electron chi connectivity index (χ0n) is 7.87. The predicted octanol–water partition coefficient (Wildman–Crippen LogP) is -0.561. The molecule has 0 saturated heterocycles. The highest BCUT2D eigenvalue weighted by molar-refractivity contribution is 5.90. The van der Waals surface area contributed by atoms with E-state index in [2.05, 4.69) is 15.6 Å². The van der Waals surface area contributed by atoms with Gasteiger partial charge in [0.15, 0.2) is 0 Å². The maximum absolute atomic E-state index is 10.6. The Morgan fingerprint density at radius 1 is 1.92 bits per heavy atom. The zero-order chi connectivity index (χ0) is 9.84.